The van der Waals surface area contributed by atoms with E-state index in [0.717, 1.165) is 35.1 Å². The van der Waals surface area contributed by atoms with E-state index >= 15 is 0 Å². The topological polar surface area (TPSA) is 113 Å². The molecule has 1 saturated carbocycles. The Morgan fingerprint density at radius 1 is 1.24 bits per heavy atom. The quantitative estimate of drug-likeness (QED) is 0.157. The van der Waals surface area contributed by atoms with Crippen molar-refractivity contribution in [2.75, 3.05) is 53.5 Å². The lowest BCUT2D eigenvalue weighted by molar-refractivity contribution is -0.125. The molecule has 4 rings (SSSR count). The summed E-state index contributed by atoms with van der Waals surface area (Å²) in [5.74, 6) is 0.194. The number of halogens is 1. The highest BCUT2D eigenvalue weighted by atomic mass is 35.5. The monoisotopic (exact) mass is 698 g/mol. The van der Waals surface area contributed by atoms with Gasteiger partial charge in [0.25, 0.3) is 0 Å². The van der Waals surface area contributed by atoms with Crippen molar-refractivity contribution < 1.29 is 19.1 Å². The molecule has 2 amide bonds. The summed E-state index contributed by atoms with van der Waals surface area (Å²) in [6.07, 6.45) is 12.8. The van der Waals surface area contributed by atoms with Gasteiger partial charge in [-0.15, -0.1) is 0 Å². The van der Waals surface area contributed by atoms with Crippen molar-refractivity contribution >= 4 is 35.5 Å². The third kappa shape index (κ3) is 13.0. The van der Waals surface area contributed by atoms with E-state index < -0.39 is 6.04 Å². The molecular weight excluding hydrogens is 640 g/mol. The molecule has 10 nitrogen and oxygen atoms in total. The summed E-state index contributed by atoms with van der Waals surface area (Å²) in [4.78, 5) is 36.2. The van der Waals surface area contributed by atoms with Crippen LogP contribution in [0.2, 0.25) is 5.02 Å². The molecule has 49 heavy (non-hydrogen) atoms. The van der Waals surface area contributed by atoms with E-state index in [2.05, 4.69) is 40.9 Å². The molecule has 0 radical (unpaired) electrons. The van der Waals surface area contributed by atoms with Crippen LogP contribution in [0, 0.1) is 5.92 Å². The van der Waals surface area contributed by atoms with Crippen molar-refractivity contribution in [2.45, 2.75) is 78.5 Å². The molecule has 4 atom stereocenters. The van der Waals surface area contributed by atoms with E-state index in [1.807, 2.05) is 76.7 Å². The number of ether oxygens (including phenoxy) is 2. The van der Waals surface area contributed by atoms with E-state index in [4.69, 9.17) is 26.8 Å². The number of hydrogen-bond donors (Lipinski definition) is 2. The number of allylic oxidation sites excluding steroid dienone is 2. The van der Waals surface area contributed by atoms with Crippen LogP contribution in [0.15, 0.2) is 66.0 Å². The van der Waals surface area contributed by atoms with Gasteiger partial charge in [-0.05, 0) is 87.1 Å². The van der Waals surface area contributed by atoms with Gasteiger partial charge in [0.05, 0.1) is 12.4 Å². The van der Waals surface area contributed by atoms with Crippen LogP contribution in [0.4, 0.5) is 4.79 Å². The molecular formula is C38H59ClN6O4. The Hall–Kier alpha value is -3.60. The van der Waals surface area contributed by atoms with E-state index in [1.165, 1.54) is 6.20 Å². The Morgan fingerprint density at radius 2 is 1.90 bits per heavy atom. The number of amides is 2. The number of benzene rings is 1. The molecule has 1 aliphatic heterocycles. The van der Waals surface area contributed by atoms with E-state index in [0.29, 0.717) is 50.1 Å². The fourth-order valence-electron chi connectivity index (χ4n) is 5.64. The first kappa shape index (κ1) is 41.6. The fraction of sp³-hybridized carbons (Fsp3) is 0.553. The number of hydrogen-bond acceptors (Lipinski definition) is 7. The molecule has 2 aliphatic carbocycles. The Morgan fingerprint density at radius 3 is 2.47 bits per heavy atom. The number of carbonyl (C=O) groups excluding carboxylic acids is 2. The van der Waals surface area contributed by atoms with E-state index in [-0.39, 0.29) is 30.3 Å². The summed E-state index contributed by atoms with van der Waals surface area (Å²) in [6.45, 7) is 19.3. The summed E-state index contributed by atoms with van der Waals surface area (Å²) in [6, 6.07) is 5.55. The number of fused-ring (bicyclic) bond motifs is 1. The molecule has 0 bridgehead atoms. The van der Waals surface area contributed by atoms with Gasteiger partial charge in [-0.1, -0.05) is 62.7 Å². The van der Waals surface area contributed by atoms with Crippen molar-refractivity contribution in [1.82, 2.24) is 20.0 Å². The van der Waals surface area contributed by atoms with Gasteiger partial charge in [-0.25, -0.2) is 9.79 Å². The van der Waals surface area contributed by atoms with Gasteiger partial charge in [0, 0.05) is 64.1 Å². The molecule has 3 N–H and O–H groups in total. The van der Waals surface area contributed by atoms with Gasteiger partial charge in [0.2, 0.25) is 5.91 Å². The Kier molecular flexibility index (Phi) is 17.7. The number of piperazine rings is 1. The highest BCUT2D eigenvalue weighted by molar-refractivity contribution is 6.30. The number of carbonyl (C=O) groups is 2. The van der Waals surface area contributed by atoms with Crippen molar-refractivity contribution in [3.8, 4) is 0 Å². The van der Waals surface area contributed by atoms with Crippen LogP contribution in [0.1, 0.15) is 78.0 Å². The van der Waals surface area contributed by atoms with Crippen LogP contribution < -0.4 is 11.1 Å². The summed E-state index contributed by atoms with van der Waals surface area (Å²) in [5, 5.41) is 3.74. The number of aliphatic imine (C=N–C) groups is 1. The molecule has 0 aromatic heterocycles. The summed E-state index contributed by atoms with van der Waals surface area (Å²) < 4.78 is 11.2. The molecule has 0 spiro atoms. The minimum absolute atomic E-state index is 0.0302. The molecule has 1 saturated heterocycles. The summed E-state index contributed by atoms with van der Waals surface area (Å²) in [5.41, 5.74) is 8.63. The summed E-state index contributed by atoms with van der Waals surface area (Å²) in [7, 11) is 3.80. The maximum absolute atomic E-state index is 12.9. The largest absolute Gasteiger partial charge is 0.443 e. The minimum atomic E-state index is -0.464. The molecule has 1 aromatic rings. The zero-order valence-corrected chi connectivity index (χ0v) is 31.6. The SMILES string of the molecule is C/C=C\N.C=C1C/C=C(/[C@H](/C=C/N=CN(C)C)NC(=O)COCC)c2cc(Cl)ccc2[C@H](N2CCN(C(=O)OC3(C)CC3C)CC2)C1.CC. The van der Waals surface area contributed by atoms with E-state index in [1.54, 1.807) is 18.6 Å². The highest BCUT2D eigenvalue weighted by Crippen LogP contribution is 2.46. The van der Waals surface area contributed by atoms with Crippen molar-refractivity contribution in [3.05, 3.63) is 77.1 Å². The van der Waals surface area contributed by atoms with Crippen LogP contribution in [0.5, 0.6) is 0 Å². The maximum Gasteiger partial charge on any atom is 0.410 e. The third-order valence-corrected chi connectivity index (χ3v) is 8.88. The fourth-order valence-corrected chi connectivity index (χ4v) is 5.81. The molecule has 2 unspecified atom stereocenters. The molecule has 272 valence electrons. The second-order valence-electron chi connectivity index (χ2n) is 12.7. The van der Waals surface area contributed by atoms with Gasteiger partial charge in [-0.3, -0.25) is 9.69 Å². The zero-order valence-electron chi connectivity index (χ0n) is 30.9. The molecule has 11 heteroatoms. The smallest absolute Gasteiger partial charge is 0.410 e. The highest BCUT2D eigenvalue weighted by Gasteiger charge is 2.51. The molecule has 3 aliphatic rings. The number of nitrogens with zero attached hydrogens (tertiary/aromatic N) is 4. The first-order valence-corrected chi connectivity index (χ1v) is 17.7. The first-order valence-electron chi connectivity index (χ1n) is 17.4. The van der Waals surface area contributed by atoms with Gasteiger partial charge in [0.15, 0.2) is 0 Å². The second-order valence-corrected chi connectivity index (χ2v) is 13.1. The molecule has 1 heterocycles. The van der Waals surface area contributed by atoms with E-state index in [9.17, 15) is 9.59 Å². The second kappa shape index (κ2) is 20.8. The molecule has 1 aromatic carbocycles. The van der Waals surface area contributed by atoms with Crippen molar-refractivity contribution in [2.24, 2.45) is 16.6 Å². The number of nitrogens with one attached hydrogen (secondary N) is 1. The van der Waals surface area contributed by atoms with Crippen LogP contribution in [0.3, 0.4) is 0 Å². The van der Waals surface area contributed by atoms with Crippen LogP contribution in [-0.2, 0) is 14.3 Å². The maximum atomic E-state index is 12.9. The standard InChI is InChI=1S/C33H46ClN5O4.C3H7N.C2H6/c1-7-42-21-31(40)36-29(12-13-35-22-37(5)6)26-10-8-23(2)18-30(27-11-9-25(34)19-28(26)27)38-14-16-39(17-15-38)32(41)43-33(4)20-24(33)3;1-2-3-4;1-2/h9-13,19,22,24,29-30H,2,7-8,14-18,20-21H2,1,3-6H3,(H,36,40);2-3H,4H2,1H3;1-2H3/b13-12+,26-10+,35-22?;3-2-;/t24?,29-,30+,33?;;/m0../s1. The van der Waals surface area contributed by atoms with Crippen LogP contribution in [-0.4, -0.2) is 98.2 Å². The van der Waals surface area contributed by atoms with Crippen LogP contribution >= 0.6 is 11.6 Å². The average Bonchev–Trinajstić information content (AvgIpc) is 3.68. The third-order valence-electron chi connectivity index (χ3n) is 8.65. The van der Waals surface area contributed by atoms with Crippen molar-refractivity contribution in [1.29, 1.82) is 0 Å². The lowest BCUT2D eigenvalue weighted by Crippen LogP contribution is -2.50. The minimum Gasteiger partial charge on any atom is -0.443 e. The normalized spacial score (nSPS) is 24.0. The average molecular weight is 699 g/mol. The Balaban J connectivity index is 0.00000129. The summed E-state index contributed by atoms with van der Waals surface area (Å²) >= 11 is 6.59. The van der Waals surface area contributed by atoms with Gasteiger partial charge >= 0.3 is 6.09 Å². The van der Waals surface area contributed by atoms with Gasteiger partial charge in [-0.2, -0.15) is 0 Å². The predicted molar refractivity (Wildman–Crippen MR) is 202 cm³/mol. The number of rotatable bonds is 10. The Labute approximate surface area is 299 Å². The van der Waals surface area contributed by atoms with Crippen LogP contribution in [0.25, 0.3) is 5.57 Å². The molecule has 2 fully saturated rings. The first-order chi connectivity index (χ1) is 23.4. The van der Waals surface area contributed by atoms with Gasteiger partial charge in [0.1, 0.15) is 12.2 Å². The lowest BCUT2D eigenvalue weighted by Gasteiger charge is -2.41. The van der Waals surface area contributed by atoms with Gasteiger partial charge < -0.3 is 30.3 Å². The lowest BCUT2D eigenvalue weighted by atomic mass is 9.83. The van der Waals surface area contributed by atoms with Crippen molar-refractivity contribution in [3.63, 3.8) is 0 Å². The number of nitrogens with two attached hydrogens (primary N) is 1. The predicted octanol–water partition coefficient (Wildman–Crippen LogP) is 6.80. The Bertz CT molecular complexity index is 1350. The zero-order chi connectivity index (χ0) is 36.6.